The fourth-order valence-electron chi connectivity index (χ4n) is 2.80. The third-order valence-corrected chi connectivity index (χ3v) is 4.45. The molecule has 5 nitrogen and oxygen atoms in total. The molecule has 2 heterocycles. The van der Waals surface area contributed by atoms with Gasteiger partial charge in [-0.25, -0.2) is 0 Å². The van der Waals surface area contributed by atoms with Crippen molar-refractivity contribution < 1.29 is 9.26 Å². The second-order valence-electron chi connectivity index (χ2n) is 5.69. The van der Waals surface area contributed by atoms with Crippen LogP contribution in [0.4, 0.5) is 0 Å². The van der Waals surface area contributed by atoms with Crippen molar-refractivity contribution in [3.8, 4) is 0 Å². The van der Waals surface area contributed by atoms with Crippen molar-refractivity contribution in [2.75, 3.05) is 20.2 Å². The molecule has 0 radical (unpaired) electrons. The first-order chi connectivity index (χ1) is 8.73. The molecule has 100 valence electrons. The monoisotopic (exact) mass is 251 g/mol. The average Bonchev–Trinajstić information content (AvgIpc) is 2.78. The summed E-state index contributed by atoms with van der Waals surface area (Å²) in [5.41, 5.74) is -0.314. The molecular formula is C13H21N3O2. The quantitative estimate of drug-likeness (QED) is 0.887. The van der Waals surface area contributed by atoms with E-state index in [9.17, 15) is 0 Å². The number of nitrogens with one attached hydrogen (secondary N) is 1. The molecule has 0 aromatic carbocycles. The normalized spacial score (nSPS) is 33.3. The Kier molecular flexibility index (Phi) is 3.11. The first kappa shape index (κ1) is 12.1. The van der Waals surface area contributed by atoms with Crippen molar-refractivity contribution >= 4 is 0 Å². The van der Waals surface area contributed by atoms with Gasteiger partial charge in [0.2, 0.25) is 11.7 Å². The van der Waals surface area contributed by atoms with Crippen molar-refractivity contribution in [2.24, 2.45) is 5.92 Å². The molecule has 1 saturated carbocycles. The molecule has 0 bridgehead atoms. The summed E-state index contributed by atoms with van der Waals surface area (Å²) in [6.45, 7) is 4.18. The van der Waals surface area contributed by atoms with Crippen LogP contribution in [0.15, 0.2) is 4.52 Å². The van der Waals surface area contributed by atoms with Gasteiger partial charge in [-0.3, -0.25) is 0 Å². The SMILES string of the molecule is COC1(c2noc(C3CNC3)n2)CCC(C)CC1. The number of nitrogens with zero attached hydrogens (tertiary/aromatic N) is 2. The van der Waals surface area contributed by atoms with Gasteiger partial charge >= 0.3 is 0 Å². The van der Waals surface area contributed by atoms with Crippen LogP contribution in [-0.4, -0.2) is 30.3 Å². The number of hydrogen-bond acceptors (Lipinski definition) is 5. The zero-order valence-corrected chi connectivity index (χ0v) is 11.1. The molecule has 2 fully saturated rings. The fraction of sp³-hybridized carbons (Fsp3) is 0.846. The lowest BCUT2D eigenvalue weighted by Crippen LogP contribution is -2.40. The smallest absolute Gasteiger partial charge is 0.232 e. The number of methoxy groups -OCH3 is 1. The Labute approximate surface area is 107 Å². The van der Waals surface area contributed by atoms with E-state index in [1.54, 1.807) is 7.11 Å². The highest BCUT2D eigenvalue weighted by atomic mass is 16.5. The standard InChI is InChI=1S/C13H21N3O2/c1-9-3-5-13(17-2,6-4-9)12-15-11(18-16-12)10-7-14-8-10/h9-10,14H,3-8H2,1-2H3. The molecule has 1 aromatic rings. The number of rotatable bonds is 3. The molecule has 0 amide bonds. The highest BCUT2D eigenvalue weighted by Gasteiger charge is 2.41. The molecule has 18 heavy (non-hydrogen) atoms. The van der Waals surface area contributed by atoms with Crippen LogP contribution in [-0.2, 0) is 10.3 Å². The van der Waals surface area contributed by atoms with E-state index in [-0.39, 0.29) is 5.60 Å². The van der Waals surface area contributed by atoms with Crippen LogP contribution < -0.4 is 5.32 Å². The third kappa shape index (κ3) is 1.95. The Morgan fingerprint density at radius 3 is 2.61 bits per heavy atom. The lowest BCUT2D eigenvalue weighted by atomic mass is 9.79. The summed E-state index contributed by atoms with van der Waals surface area (Å²) in [5, 5.41) is 7.39. The number of ether oxygens (including phenoxy) is 1. The molecule has 0 atom stereocenters. The molecule has 3 rings (SSSR count). The van der Waals surface area contributed by atoms with Crippen molar-refractivity contribution in [3.05, 3.63) is 11.7 Å². The fourth-order valence-corrected chi connectivity index (χ4v) is 2.80. The van der Waals surface area contributed by atoms with Gasteiger partial charge in [-0.05, 0) is 31.6 Å². The molecular weight excluding hydrogens is 230 g/mol. The molecule has 1 aromatic heterocycles. The Balaban J connectivity index is 1.80. The van der Waals surface area contributed by atoms with E-state index >= 15 is 0 Å². The van der Waals surface area contributed by atoms with Gasteiger partial charge in [0.25, 0.3) is 0 Å². The molecule has 1 N–H and O–H groups in total. The highest BCUT2D eigenvalue weighted by molar-refractivity contribution is 5.07. The van der Waals surface area contributed by atoms with Crippen LogP contribution in [0.5, 0.6) is 0 Å². The lowest BCUT2D eigenvalue weighted by Gasteiger charge is -2.35. The molecule has 0 spiro atoms. The van der Waals surface area contributed by atoms with Gasteiger partial charge in [-0.2, -0.15) is 4.98 Å². The van der Waals surface area contributed by atoms with E-state index in [4.69, 9.17) is 9.26 Å². The van der Waals surface area contributed by atoms with Crippen LogP contribution in [0.25, 0.3) is 0 Å². The lowest BCUT2D eigenvalue weighted by molar-refractivity contribution is -0.0609. The minimum absolute atomic E-state index is 0.314. The maximum Gasteiger partial charge on any atom is 0.232 e. The topological polar surface area (TPSA) is 60.2 Å². The Hall–Kier alpha value is -0.940. The molecule has 2 aliphatic rings. The predicted octanol–water partition coefficient (Wildman–Crippen LogP) is 1.81. The molecule has 0 unspecified atom stereocenters. The molecule has 5 heteroatoms. The second kappa shape index (κ2) is 4.63. The van der Waals surface area contributed by atoms with E-state index in [0.717, 1.165) is 43.6 Å². The van der Waals surface area contributed by atoms with Crippen molar-refractivity contribution in [1.82, 2.24) is 15.5 Å². The summed E-state index contributed by atoms with van der Waals surface area (Å²) in [6.07, 6.45) is 4.32. The number of hydrogen-bond donors (Lipinski definition) is 1. The maximum atomic E-state index is 5.76. The summed E-state index contributed by atoms with van der Waals surface area (Å²) >= 11 is 0. The Bertz CT molecular complexity index is 406. The van der Waals surface area contributed by atoms with E-state index in [0.29, 0.717) is 5.92 Å². The average molecular weight is 251 g/mol. The van der Waals surface area contributed by atoms with Gasteiger partial charge in [-0.1, -0.05) is 12.1 Å². The summed E-state index contributed by atoms with van der Waals surface area (Å²) in [6, 6.07) is 0. The first-order valence-electron chi connectivity index (χ1n) is 6.83. The van der Waals surface area contributed by atoms with Crippen LogP contribution >= 0.6 is 0 Å². The third-order valence-electron chi connectivity index (χ3n) is 4.45. The summed E-state index contributed by atoms with van der Waals surface area (Å²) < 4.78 is 11.2. The van der Waals surface area contributed by atoms with Crippen molar-refractivity contribution in [2.45, 2.75) is 44.1 Å². The summed E-state index contributed by atoms with van der Waals surface area (Å²) in [4.78, 5) is 4.58. The largest absolute Gasteiger partial charge is 0.370 e. The molecule has 1 aliphatic carbocycles. The van der Waals surface area contributed by atoms with Gasteiger partial charge in [-0.15, -0.1) is 0 Å². The zero-order valence-electron chi connectivity index (χ0n) is 11.1. The minimum atomic E-state index is -0.314. The van der Waals surface area contributed by atoms with Gasteiger partial charge in [0.15, 0.2) is 0 Å². The number of aromatic nitrogens is 2. The first-order valence-corrected chi connectivity index (χ1v) is 6.83. The summed E-state index contributed by atoms with van der Waals surface area (Å²) in [5.74, 6) is 2.68. The predicted molar refractivity (Wildman–Crippen MR) is 66.2 cm³/mol. The van der Waals surface area contributed by atoms with Gasteiger partial charge in [0.05, 0.1) is 5.92 Å². The van der Waals surface area contributed by atoms with Crippen LogP contribution in [0.2, 0.25) is 0 Å². The maximum absolute atomic E-state index is 5.76. The van der Waals surface area contributed by atoms with Crippen molar-refractivity contribution in [3.63, 3.8) is 0 Å². The van der Waals surface area contributed by atoms with Crippen LogP contribution in [0.1, 0.15) is 50.2 Å². The van der Waals surface area contributed by atoms with E-state index in [2.05, 4.69) is 22.4 Å². The van der Waals surface area contributed by atoms with Gasteiger partial charge in [0.1, 0.15) is 5.60 Å². The van der Waals surface area contributed by atoms with Gasteiger partial charge in [0, 0.05) is 20.2 Å². The minimum Gasteiger partial charge on any atom is -0.370 e. The van der Waals surface area contributed by atoms with Crippen LogP contribution in [0.3, 0.4) is 0 Å². The van der Waals surface area contributed by atoms with Crippen molar-refractivity contribution in [1.29, 1.82) is 0 Å². The summed E-state index contributed by atoms with van der Waals surface area (Å²) in [7, 11) is 1.76. The Morgan fingerprint density at radius 1 is 1.33 bits per heavy atom. The highest BCUT2D eigenvalue weighted by Crippen LogP contribution is 2.41. The zero-order chi connectivity index (χ0) is 12.6. The Morgan fingerprint density at radius 2 is 2.06 bits per heavy atom. The van der Waals surface area contributed by atoms with Gasteiger partial charge < -0.3 is 14.6 Å². The second-order valence-corrected chi connectivity index (χ2v) is 5.69. The molecule has 1 saturated heterocycles. The van der Waals surface area contributed by atoms with E-state index < -0.39 is 0 Å². The van der Waals surface area contributed by atoms with Crippen LogP contribution in [0, 0.1) is 5.92 Å². The molecule has 1 aliphatic heterocycles. The van der Waals surface area contributed by atoms with E-state index in [1.807, 2.05) is 0 Å². The van der Waals surface area contributed by atoms with E-state index in [1.165, 1.54) is 12.8 Å².